The largest absolute Gasteiger partial charge is 0.341 e. The summed E-state index contributed by atoms with van der Waals surface area (Å²) in [6.45, 7) is 6.00. The fourth-order valence-corrected chi connectivity index (χ4v) is 3.40. The van der Waals surface area contributed by atoms with Crippen LogP contribution in [0, 0.1) is 5.41 Å². The molecular formula is C18H19NO2. The highest BCUT2D eigenvalue weighted by Gasteiger charge is 2.41. The Morgan fingerprint density at radius 1 is 1.19 bits per heavy atom. The van der Waals surface area contributed by atoms with Gasteiger partial charge in [-0.1, -0.05) is 24.3 Å². The van der Waals surface area contributed by atoms with Gasteiger partial charge in [0.15, 0.2) is 0 Å². The number of para-hydroxylation sites is 1. The summed E-state index contributed by atoms with van der Waals surface area (Å²) in [6.07, 6.45) is 4.22. The molecule has 0 fully saturated rings. The molecule has 3 nitrogen and oxygen atoms in total. The quantitative estimate of drug-likeness (QED) is 0.809. The van der Waals surface area contributed by atoms with E-state index in [4.69, 9.17) is 0 Å². The Balaban J connectivity index is 2.29. The molecule has 0 aliphatic heterocycles. The first kappa shape index (κ1) is 13.8. The number of Topliss-reactive ketones (excluding diaryl/α,β-unsaturated/α-hetero) is 2. The predicted octanol–water partition coefficient (Wildman–Crippen LogP) is 3.39. The van der Waals surface area contributed by atoms with Crippen LogP contribution < -0.4 is 0 Å². The number of ketones is 2. The van der Waals surface area contributed by atoms with Gasteiger partial charge >= 0.3 is 0 Å². The molecule has 108 valence electrons. The summed E-state index contributed by atoms with van der Waals surface area (Å²) in [7, 11) is 0. The molecule has 2 aromatic rings. The number of carbonyl (C=O) groups excluding carboxylic acids is 2. The summed E-state index contributed by atoms with van der Waals surface area (Å²) in [5.74, 6) is -0.157. The van der Waals surface area contributed by atoms with Crippen LogP contribution in [0.3, 0.4) is 0 Å². The Hall–Kier alpha value is -2.16. The Bertz CT molecular complexity index is 766. The summed E-state index contributed by atoms with van der Waals surface area (Å²) in [5.41, 5.74) is 2.41. The smallest absolute Gasteiger partial charge is 0.147 e. The first-order chi connectivity index (χ1) is 10.0. The van der Waals surface area contributed by atoms with Crippen molar-refractivity contribution >= 4 is 28.5 Å². The first-order valence-electron chi connectivity index (χ1n) is 7.32. The van der Waals surface area contributed by atoms with E-state index in [9.17, 15) is 9.59 Å². The maximum atomic E-state index is 12.1. The number of rotatable bonds is 3. The molecule has 0 amide bonds. The lowest BCUT2D eigenvalue weighted by Gasteiger charge is -2.28. The summed E-state index contributed by atoms with van der Waals surface area (Å²) >= 11 is 0. The van der Waals surface area contributed by atoms with Gasteiger partial charge in [0.1, 0.15) is 17.0 Å². The van der Waals surface area contributed by atoms with Crippen LogP contribution in [-0.4, -0.2) is 16.1 Å². The first-order valence-corrected chi connectivity index (χ1v) is 7.32. The van der Waals surface area contributed by atoms with Crippen LogP contribution in [0.25, 0.3) is 17.0 Å². The summed E-state index contributed by atoms with van der Waals surface area (Å²) in [4.78, 5) is 24.2. The number of benzene rings is 1. The maximum Gasteiger partial charge on any atom is 0.147 e. The van der Waals surface area contributed by atoms with Gasteiger partial charge in [-0.3, -0.25) is 9.59 Å². The topological polar surface area (TPSA) is 39.1 Å². The van der Waals surface area contributed by atoms with E-state index in [1.54, 1.807) is 6.08 Å². The monoisotopic (exact) mass is 281 g/mol. The van der Waals surface area contributed by atoms with E-state index in [-0.39, 0.29) is 11.6 Å². The molecule has 1 aliphatic rings. The van der Waals surface area contributed by atoms with Gasteiger partial charge in [-0.2, -0.15) is 0 Å². The minimum absolute atomic E-state index is 0.0785. The lowest BCUT2D eigenvalue weighted by atomic mass is 9.72. The van der Waals surface area contributed by atoms with E-state index in [0.717, 1.165) is 28.7 Å². The number of hydrogen-bond acceptors (Lipinski definition) is 2. The number of fused-ring (bicyclic) bond motifs is 3. The van der Waals surface area contributed by atoms with E-state index in [0.29, 0.717) is 6.42 Å². The molecule has 1 aromatic carbocycles. The normalized spacial score (nSPS) is 16.0. The molecule has 0 bridgehead atoms. The number of nitrogens with zero attached hydrogens (tertiary/aromatic N) is 1. The Morgan fingerprint density at radius 2 is 1.86 bits per heavy atom. The summed E-state index contributed by atoms with van der Waals surface area (Å²) in [5, 5.41) is 1.14. The van der Waals surface area contributed by atoms with Crippen molar-refractivity contribution in [1.29, 1.82) is 0 Å². The molecule has 21 heavy (non-hydrogen) atoms. The molecule has 3 rings (SSSR count). The Kier molecular flexibility index (Phi) is 3.08. The molecule has 1 aromatic heterocycles. The zero-order chi connectivity index (χ0) is 15.2. The molecule has 0 atom stereocenters. The second kappa shape index (κ2) is 4.69. The van der Waals surface area contributed by atoms with Crippen molar-refractivity contribution in [1.82, 2.24) is 4.57 Å². The third-order valence-electron chi connectivity index (χ3n) is 4.67. The number of carbonyl (C=O) groups is 2. The molecule has 0 radical (unpaired) electrons. The van der Waals surface area contributed by atoms with Crippen molar-refractivity contribution < 1.29 is 9.59 Å². The van der Waals surface area contributed by atoms with Gasteiger partial charge < -0.3 is 4.57 Å². The standard InChI is InChI=1S/C18H19NO2/c1-4-19-16-8-6-5-7-14(16)15-11-18(12(2)20,13(3)21)10-9-17(15)19/h5-10H,4,11H2,1-3H3. The average molecular weight is 281 g/mol. The van der Waals surface area contributed by atoms with Gasteiger partial charge in [-0.05, 0) is 44.9 Å². The third-order valence-corrected chi connectivity index (χ3v) is 4.67. The zero-order valence-corrected chi connectivity index (χ0v) is 12.6. The van der Waals surface area contributed by atoms with Crippen molar-refractivity contribution in [2.75, 3.05) is 0 Å². The van der Waals surface area contributed by atoms with Crippen molar-refractivity contribution in [3.8, 4) is 0 Å². The van der Waals surface area contributed by atoms with Gasteiger partial charge in [0.25, 0.3) is 0 Å². The molecule has 0 saturated carbocycles. The lowest BCUT2D eigenvalue weighted by molar-refractivity contribution is -0.135. The highest BCUT2D eigenvalue weighted by molar-refractivity contribution is 6.09. The van der Waals surface area contributed by atoms with E-state index >= 15 is 0 Å². The summed E-state index contributed by atoms with van der Waals surface area (Å²) in [6, 6.07) is 8.19. The number of aryl methyl sites for hydroxylation is 1. The van der Waals surface area contributed by atoms with Crippen LogP contribution in [-0.2, 0) is 22.6 Å². The maximum absolute atomic E-state index is 12.1. The van der Waals surface area contributed by atoms with Crippen molar-refractivity contribution in [2.24, 2.45) is 5.41 Å². The van der Waals surface area contributed by atoms with Crippen LogP contribution in [0.4, 0.5) is 0 Å². The molecule has 1 heterocycles. The van der Waals surface area contributed by atoms with Gasteiger partial charge in [0.05, 0.1) is 0 Å². The zero-order valence-electron chi connectivity index (χ0n) is 12.6. The van der Waals surface area contributed by atoms with E-state index in [1.807, 2.05) is 18.2 Å². The van der Waals surface area contributed by atoms with Crippen molar-refractivity contribution in [2.45, 2.75) is 33.7 Å². The predicted molar refractivity (Wildman–Crippen MR) is 84.1 cm³/mol. The fraction of sp³-hybridized carbons (Fsp3) is 0.333. The van der Waals surface area contributed by atoms with E-state index in [1.165, 1.54) is 13.8 Å². The Morgan fingerprint density at radius 3 is 2.48 bits per heavy atom. The second-order valence-electron chi connectivity index (χ2n) is 5.72. The van der Waals surface area contributed by atoms with Crippen LogP contribution in [0.1, 0.15) is 32.0 Å². The number of hydrogen-bond donors (Lipinski definition) is 0. The van der Waals surface area contributed by atoms with Crippen LogP contribution >= 0.6 is 0 Å². The minimum atomic E-state index is -0.990. The van der Waals surface area contributed by atoms with Gasteiger partial charge in [-0.25, -0.2) is 0 Å². The molecule has 1 aliphatic carbocycles. The van der Waals surface area contributed by atoms with Gasteiger partial charge in [0.2, 0.25) is 0 Å². The number of aromatic nitrogens is 1. The molecule has 0 spiro atoms. The minimum Gasteiger partial charge on any atom is -0.341 e. The van der Waals surface area contributed by atoms with Crippen molar-refractivity contribution in [3.05, 3.63) is 41.6 Å². The molecule has 3 heteroatoms. The molecule has 0 N–H and O–H groups in total. The van der Waals surface area contributed by atoms with E-state index in [2.05, 4.69) is 23.6 Å². The van der Waals surface area contributed by atoms with Crippen molar-refractivity contribution in [3.63, 3.8) is 0 Å². The highest BCUT2D eigenvalue weighted by atomic mass is 16.2. The summed E-state index contributed by atoms with van der Waals surface area (Å²) < 4.78 is 2.24. The van der Waals surface area contributed by atoms with Crippen LogP contribution in [0.5, 0.6) is 0 Å². The molecular weight excluding hydrogens is 262 g/mol. The third kappa shape index (κ3) is 1.80. The molecule has 0 saturated heterocycles. The second-order valence-corrected chi connectivity index (χ2v) is 5.72. The SMILES string of the molecule is CCn1c2c(c3ccccc31)CC(C(C)=O)(C(C)=O)C=C2. The van der Waals surface area contributed by atoms with E-state index < -0.39 is 5.41 Å². The molecule has 0 unspecified atom stereocenters. The average Bonchev–Trinajstić information content (AvgIpc) is 2.79. The van der Waals surface area contributed by atoms with Gasteiger partial charge in [-0.15, -0.1) is 0 Å². The lowest BCUT2D eigenvalue weighted by Crippen LogP contribution is -2.38. The van der Waals surface area contributed by atoms with Gasteiger partial charge in [0, 0.05) is 23.1 Å². The van der Waals surface area contributed by atoms with Crippen LogP contribution in [0.15, 0.2) is 30.3 Å². The van der Waals surface area contributed by atoms with Crippen LogP contribution in [0.2, 0.25) is 0 Å². The highest BCUT2D eigenvalue weighted by Crippen LogP contribution is 2.39. The number of allylic oxidation sites excluding steroid dienone is 1. The fourth-order valence-electron chi connectivity index (χ4n) is 3.40. The Labute approximate surface area is 124 Å².